The van der Waals surface area contributed by atoms with Crippen molar-refractivity contribution in [1.82, 2.24) is 0 Å². The molecule has 2 N–H and O–H groups in total. The van der Waals surface area contributed by atoms with Crippen LogP contribution in [0.3, 0.4) is 0 Å². The molecule has 2 atom stereocenters. The lowest BCUT2D eigenvalue weighted by Crippen LogP contribution is -2.01. The second-order valence-electron chi connectivity index (χ2n) is 1.15. The van der Waals surface area contributed by atoms with E-state index in [1.165, 1.54) is 13.4 Å². The highest BCUT2D eigenvalue weighted by molar-refractivity contribution is 8.46. The van der Waals surface area contributed by atoms with Gasteiger partial charge in [0, 0.05) is 13.4 Å². The molecule has 4 nitrogen and oxygen atoms in total. The van der Waals surface area contributed by atoms with E-state index in [0.29, 0.717) is 0 Å². The molecule has 8 heavy (non-hydrogen) atoms. The van der Waals surface area contributed by atoms with Crippen LogP contribution in [0.15, 0.2) is 0 Å². The van der Waals surface area contributed by atoms with Gasteiger partial charge in [0.05, 0.1) is 0 Å². The molecule has 50 valence electrons. The summed E-state index contributed by atoms with van der Waals surface area (Å²) < 4.78 is 25.1. The minimum Gasteiger partial charge on any atom is -0.312 e. The average Bonchev–Trinajstić information content (AvgIpc) is 1.67. The van der Waals surface area contributed by atoms with Crippen LogP contribution < -0.4 is 5.50 Å². The third-order valence-electron chi connectivity index (χ3n) is 0.613. The first-order chi connectivity index (χ1) is 3.50. The molecule has 0 heterocycles. The van der Waals surface area contributed by atoms with Crippen molar-refractivity contribution in [1.29, 1.82) is 0 Å². The molecule has 0 aliphatic heterocycles. The Hall–Kier alpha value is 0.300. The molecule has 0 aliphatic carbocycles. The summed E-state index contributed by atoms with van der Waals surface area (Å²) in [5.74, 6) is 0. The molecule has 6 heteroatoms. The fourth-order valence-corrected chi connectivity index (χ4v) is 0.945. The van der Waals surface area contributed by atoms with Crippen molar-refractivity contribution in [3.63, 3.8) is 0 Å². The molecule has 0 saturated carbocycles. The quantitative estimate of drug-likeness (QED) is 0.576. The lowest BCUT2D eigenvalue weighted by atomic mass is 11.8. The van der Waals surface area contributed by atoms with Crippen LogP contribution in [-0.4, -0.2) is 17.6 Å². The third-order valence-corrected chi connectivity index (χ3v) is 4.44. The van der Waals surface area contributed by atoms with Crippen molar-refractivity contribution in [2.45, 2.75) is 0 Å². The van der Waals surface area contributed by atoms with Gasteiger partial charge in [-0.3, -0.25) is 4.57 Å². The molecule has 0 fully saturated rings. The van der Waals surface area contributed by atoms with Gasteiger partial charge < -0.3 is 4.52 Å². The van der Waals surface area contributed by atoms with Crippen molar-refractivity contribution in [2.24, 2.45) is 5.50 Å². The summed E-state index contributed by atoms with van der Waals surface area (Å²) in [7, 11) is -0.396. The Morgan fingerprint density at radius 1 is 1.75 bits per heavy atom. The Bertz CT molecular complexity index is 146. The van der Waals surface area contributed by atoms with Gasteiger partial charge in [0.1, 0.15) is 10.4 Å². The molecule has 0 spiro atoms. The van der Waals surface area contributed by atoms with E-state index in [0.717, 1.165) is 0 Å². The topological polar surface area (TPSA) is 69.4 Å². The van der Waals surface area contributed by atoms with E-state index in [-0.39, 0.29) is 0 Å². The summed E-state index contributed by atoms with van der Waals surface area (Å²) in [5, 5.41) is 0. The van der Waals surface area contributed by atoms with Crippen molar-refractivity contribution < 1.29 is 13.3 Å². The molecule has 0 aromatic rings. The molecular weight excluding hydrogens is 149 g/mol. The largest absolute Gasteiger partial charge is 0.352 e. The SMILES string of the molecule is COP(N)(=O)S(C)=O. The van der Waals surface area contributed by atoms with E-state index in [9.17, 15) is 8.77 Å². The maximum Gasteiger partial charge on any atom is 0.352 e. The average molecular weight is 157 g/mol. The molecule has 0 saturated heterocycles. The summed E-state index contributed by atoms with van der Waals surface area (Å²) in [6, 6.07) is 0. The first-order valence-electron chi connectivity index (χ1n) is 1.79. The van der Waals surface area contributed by atoms with E-state index in [1.54, 1.807) is 0 Å². The van der Waals surface area contributed by atoms with E-state index in [1.807, 2.05) is 0 Å². The highest BCUT2D eigenvalue weighted by Crippen LogP contribution is 2.39. The lowest BCUT2D eigenvalue weighted by Gasteiger charge is -2.03. The van der Waals surface area contributed by atoms with Crippen LogP contribution in [0.2, 0.25) is 0 Å². The summed E-state index contributed by atoms with van der Waals surface area (Å²) in [6.07, 6.45) is 1.24. The first kappa shape index (κ1) is 8.30. The molecule has 0 amide bonds. The summed E-state index contributed by atoms with van der Waals surface area (Å²) in [5.41, 5.74) is 4.89. The second-order valence-corrected chi connectivity index (χ2v) is 6.51. The Balaban J connectivity index is 4.15. The van der Waals surface area contributed by atoms with Gasteiger partial charge in [-0.2, -0.15) is 0 Å². The molecule has 2 unspecified atom stereocenters. The van der Waals surface area contributed by atoms with Gasteiger partial charge in [0.2, 0.25) is 0 Å². The summed E-state index contributed by atoms with van der Waals surface area (Å²) in [6.45, 7) is -3.27. The molecule has 0 aromatic heterocycles. The monoisotopic (exact) mass is 157 g/mol. The minimum absolute atomic E-state index is 1.17. The van der Waals surface area contributed by atoms with Gasteiger partial charge in [0.25, 0.3) is 0 Å². The number of hydrogen-bond donors (Lipinski definition) is 1. The third kappa shape index (κ3) is 2.05. The zero-order valence-electron chi connectivity index (χ0n) is 4.66. The van der Waals surface area contributed by atoms with Crippen molar-refractivity contribution in [2.75, 3.05) is 13.4 Å². The van der Waals surface area contributed by atoms with Gasteiger partial charge >= 0.3 is 6.72 Å². The van der Waals surface area contributed by atoms with Crippen LogP contribution >= 0.6 is 6.72 Å². The molecule has 0 aromatic carbocycles. The Labute approximate surface area is 50.1 Å². The maximum atomic E-state index is 10.5. The fraction of sp³-hybridized carbons (Fsp3) is 1.00. The predicted molar refractivity (Wildman–Crippen MR) is 32.9 cm³/mol. The molecule has 0 aliphatic rings. The fourth-order valence-electron chi connectivity index (χ4n) is 0.105. The Morgan fingerprint density at radius 3 is 2.12 bits per heavy atom. The van der Waals surface area contributed by atoms with Crippen molar-refractivity contribution in [3.8, 4) is 0 Å². The van der Waals surface area contributed by atoms with Crippen LogP contribution in [0.4, 0.5) is 0 Å². The van der Waals surface area contributed by atoms with Crippen molar-refractivity contribution >= 4 is 17.1 Å². The Morgan fingerprint density at radius 2 is 2.12 bits per heavy atom. The molecular formula is C2H8NO3PS. The standard InChI is InChI=1S/C2H8NO3PS/c1-6-7(3,4)8(2)5/h1-2H3,(H2,3,4). The zero-order chi connectivity index (χ0) is 6.78. The zero-order valence-corrected chi connectivity index (χ0v) is 6.37. The number of rotatable bonds is 2. The van der Waals surface area contributed by atoms with E-state index in [2.05, 4.69) is 4.52 Å². The summed E-state index contributed by atoms with van der Waals surface area (Å²) >= 11 is 0. The lowest BCUT2D eigenvalue weighted by molar-refractivity contribution is 0.408. The van der Waals surface area contributed by atoms with Crippen LogP contribution in [0.5, 0.6) is 0 Å². The minimum atomic E-state index is -3.27. The highest BCUT2D eigenvalue weighted by Gasteiger charge is 2.18. The summed E-state index contributed by atoms with van der Waals surface area (Å²) in [4.78, 5) is 0. The predicted octanol–water partition coefficient (Wildman–Crippen LogP) is 0.0781. The van der Waals surface area contributed by atoms with Gasteiger partial charge in [0.15, 0.2) is 0 Å². The van der Waals surface area contributed by atoms with Crippen molar-refractivity contribution in [3.05, 3.63) is 0 Å². The van der Waals surface area contributed by atoms with Crippen LogP contribution in [0, 0.1) is 0 Å². The first-order valence-corrected chi connectivity index (χ1v) is 5.65. The number of hydrogen-bond acceptors (Lipinski definition) is 3. The molecule has 0 radical (unpaired) electrons. The Kier molecular flexibility index (Phi) is 2.83. The van der Waals surface area contributed by atoms with Gasteiger partial charge in [-0.15, -0.1) is 0 Å². The normalized spacial score (nSPS) is 21.9. The van der Waals surface area contributed by atoms with Gasteiger partial charge in [-0.25, -0.2) is 9.71 Å². The maximum absolute atomic E-state index is 10.5. The van der Waals surface area contributed by atoms with Crippen LogP contribution in [-0.2, 0) is 19.5 Å². The van der Waals surface area contributed by atoms with E-state index in [4.69, 9.17) is 5.50 Å². The van der Waals surface area contributed by atoms with Crippen LogP contribution in [0.1, 0.15) is 0 Å². The van der Waals surface area contributed by atoms with Crippen LogP contribution in [0.25, 0.3) is 0 Å². The van der Waals surface area contributed by atoms with Gasteiger partial charge in [-0.05, 0) is 0 Å². The molecule has 0 rings (SSSR count). The smallest absolute Gasteiger partial charge is 0.312 e. The number of nitrogens with two attached hydrogens (primary N) is 1. The van der Waals surface area contributed by atoms with E-state index < -0.39 is 17.1 Å². The highest BCUT2D eigenvalue weighted by atomic mass is 32.8. The van der Waals surface area contributed by atoms with E-state index >= 15 is 0 Å². The van der Waals surface area contributed by atoms with Gasteiger partial charge in [-0.1, -0.05) is 0 Å². The second kappa shape index (κ2) is 2.73. The molecule has 0 bridgehead atoms.